The van der Waals surface area contributed by atoms with Crippen LogP contribution in [0.3, 0.4) is 0 Å². The van der Waals surface area contributed by atoms with Gasteiger partial charge in [-0.25, -0.2) is 0 Å². The van der Waals surface area contributed by atoms with E-state index in [1.165, 1.54) is 16.8 Å². The van der Waals surface area contributed by atoms with Gasteiger partial charge in [-0.05, 0) is 24.6 Å². The minimum atomic E-state index is -0.0573. The molecule has 1 unspecified atom stereocenters. The van der Waals surface area contributed by atoms with Crippen LogP contribution in [0.15, 0.2) is 67.3 Å². The van der Waals surface area contributed by atoms with Crippen molar-refractivity contribution in [2.24, 2.45) is 0 Å². The van der Waals surface area contributed by atoms with Crippen LogP contribution in [0.5, 0.6) is 0 Å². The standard InChI is InChI=1S/C19H23N/c1-5-19(3,17-13-11-16(2)12-14-17)15-20(4)18-9-7-6-8-10-18/h5-14H,1,15H2,2-4H3. The third kappa shape index (κ3) is 3.11. The van der Waals surface area contributed by atoms with Crippen molar-refractivity contribution < 1.29 is 0 Å². The molecule has 0 aromatic heterocycles. The summed E-state index contributed by atoms with van der Waals surface area (Å²) in [6, 6.07) is 19.2. The average molecular weight is 265 g/mol. The van der Waals surface area contributed by atoms with Crippen molar-refractivity contribution in [3.05, 3.63) is 78.4 Å². The first kappa shape index (κ1) is 14.4. The highest BCUT2D eigenvalue weighted by atomic mass is 15.1. The number of para-hydroxylation sites is 1. The molecule has 1 atom stereocenters. The molecule has 0 fully saturated rings. The maximum absolute atomic E-state index is 4.05. The molecule has 1 heteroatoms. The number of benzene rings is 2. The number of rotatable bonds is 5. The summed E-state index contributed by atoms with van der Waals surface area (Å²) in [5.74, 6) is 0. The monoisotopic (exact) mass is 265 g/mol. The van der Waals surface area contributed by atoms with E-state index >= 15 is 0 Å². The van der Waals surface area contributed by atoms with Crippen molar-refractivity contribution in [2.75, 3.05) is 18.5 Å². The topological polar surface area (TPSA) is 3.24 Å². The number of aryl methyl sites for hydroxylation is 1. The van der Waals surface area contributed by atoms with Crippen molar-refractivity contribution in [3.63, 3.8) is 0 Å². The van der Waals surface area contributed by atoms with Gasteiger partial charge < -0.3 is 4.90 Å². The first-order valence-corrected chi connectivity index (χ1v) is 7.02. The zero-order valence-corrected chi connectivity index (χ0v) is 12.6. The van der Waals surface area contributed by atoms with E-state index in [2.05, 4.69) is 87.0 Å². The lowest BCUT2D eigenvalue weighted by molar-refractivity contribution is 0.589. The fourth-order valence-corrected chi connectivity index (χ4v) is 2.47. The van der Waals surface area contributed by atoms with E-state index < -0.39 is 0 Å². The van der Waals surface area contributed by atoms with Gasteiger partial charge in [0, 0.05) is 24.7 Å². The molecule has 2 aromatic rings. The van der Waals surface area contributed by atoms with E-state index in [4.69, 9.17) is 0 Å². The van der Waals surface area contributed by atoms with Gasteiger partial charge in [0.05, 0.1) is 0 Å². The van der Waals surface area contributed by atoms with Crippen LogP contribution in [0.25, 0.3) is 0 Å². The summed E-state index contributed by atoms with van der Waals surface area (Å²) in [5, 5.41) is 0. The van der Waals surface area contributed by atoms with Gasteiger partial charge in [-0.3, -0.25) is 0 Å². The predicted octanol–water partition coefficient (Wildman–Crippen LogP) is 4.58. The normalized spacial score (nSPS) is 13.6. The van der Waals surface area contributed by atoms with Crippen molar-refractivity contribution >= 4 is 5.69 Å². The third-order valence-corrected chi connectivity index (χ3v) is 3.92. The van der Waals surface area contributed by atoms with Crippen LogP contribution in [-0.2, 0) is 5.41 Å². The van der Waals surface area contributed by atoms with Gasteiger partial charge in [-0.15, -0.1) is 6.58 Å². The van der Waals surface area contributed by atoms with Gasteiger partial charge in [0.1, 0.15) is 0 Å². The second-order valence-electron chi connectivity index (χ2n) is 5.68. The molecule has 2 aromatic carbocycles. The molecule has 0 saturated heterocycles. The van der Waals surface area contributed by atoms with Crippen molar-refractivity contribution in [3.8, 4) is 0 Å². The lowest BCUT2D eigenvalue weighted by Crippen LogP contribution is -2.35. The molecule has 0 saturated carbocycles. The molecular weight excluding hydrogens is 242 g/mol. The molecule has 0 bridgehead atoms. The van der Waals surface area contributed by atoms with E-state index in [1.807, 2.05) is 6.07 Å². The Morgan fingerprint density at radius 2 is 1.65 bits per heavy atom. The van der Waals surface area contributed by atoms with Gasteiger partial charge in [-0.2, -0.15) is 0 Å². The van der Waals surface area contributed by atoms with Crippen LogP contribution in [0.4, 0.5) is 5.69 Å². The molecule has 20 heavy (non-hydrogen) atoms. The minimum Gasteiger partial charge on any atom is -0.373 e. The highest BCUT2D eigenvalue weighted by Gasteiger charge is 2.24. The lowest BCUT2D eigenvalue weighted by atomic mass is 9.81. The maximum atomic E-state index is 4.05. The zero-order chi connectivity index (χ0) is 14.6. The molecule has 2 rings (SSSR count). The van der Waals surface area contributed by atoms with Gasteiger partial charge >= 0.3 is 0 Å². The first-order valence-electron chi connectivity index (χ1n) is 7.02. The predicted molar refractivity (Wildman–Crippen MR) is 88.4 cm³/mol. The number of hydrogen-bond acceptors (Lipinski definition) is 1. The Morgan fingerprint density at radius 3 is 2.20 bits per heavy atom. The number of hydrogen-bond donors (Lipinski definition) is 0. The first-order chi connectivity index (χ1) is 9.55. The highest BCUT2D eigenvalue weighted by Crippen LogP contribution is 2.28. The highest BCUT2D eigenvalue weighted by molar-refractivity contribution is 5.47. The van der Waals surface area contributed by atoms with Crippen molar-refractivity contribution in [2.45, 2.75) is 19.3 Å². The van der Waals surface area contributed by atoms with E-state index in [-0.39, 0.29) is 5.41 Å². The maximum Gasteiger partial charge on any atom is 0.0363 e. The molecule has 0 spiro atoms. The van der Waals surface area contributed by atoms with Gasteiger partial charge in [0.25, 0.3) is 0 Å². The Hall–Kier alpha value is -2.02. The summed E-state index contributed by atoms with van der Waals surface area (Å²) in [7, 11) is 2.13. The summed E-state index contributed by atoms with van der Waals surface area (Å²) in [6.07, 6.45) is 2.05. The summed E-state index contributed by atoms with van der Waals surface area (Å²) >= 11 is 0. The van der Waals surface area contributed by atoms with E-state index in [1.54, 1.807) is 0 Å². The number of nitrogens with zero attached hydrogens (tertiary/aromatic N) is 1. The molecule has 0 N–H and O–H groups in total. The molecular formula is C19H23N. The van der Waals surface area contributed by atoms with Gasteiger partial charge in [-0.1, -0.05) is 61.0 Å². The fraction of sp³-hybridized carbons (Fsp3) is 0.263. The van der Waals surface area contributed by atoms with E-state index in [0.717, 1.165) is 6.54 Å². The van der Waals surface area contributed by atoms with Crippen molar-refractivity contribution in [1.82, 2.24) is 0 Å². The summed E-state index contributed by atoms with van der Waals surface area (Å²) in [5.41, 5.74) is 3.77. The van der Waals surface area contributed by atoms with Crippen LogP contribution in [0.1, 0.15) is 18.1 Å². The van der Waals surface area contributed by atoms with Crippen LogP contribution in [-0.4, -0.2) is 13.6 Å². The Bertz CT molecular complexity index is 556. The minimum absolute atomic E-state index is 0.0573. The number of likely N-dealkylation sites (N-methyl/N-ethyl adjacent to an activating group) is 1. The Kier molecular flexibility index (Phi) is 4.29. The molecule has 0 heterocycles. The quantitative estimate of drug-likeness (QED) is 0.715. The van der Waals surface area contributed by atoms with Gasteiger partial charge in [0.2, 0.25) is 0 Å². The lowest BCUT2D eigenvalue weighted by Gasteiger charge is -2.33. The molecule has 0 aliphatic heterocycles. The smallest absolute Gasteiger partial charge is 0.0363 e. The second kappa shape index (κ2) is 5.96. The molecule has 104 valence electrons. The van der Waals surface area contributed by atoms with E-state index in [0.29, 0.717) is 0 Å². The van der Waals surface area contributed by atoms with Gasteiger partial charge in [0.15, 0.2) is 0 Å². The Morgan fingerprint density at radius 1 is 1.05 bits per heavy atom. The Balaban J connectivity index is 2.23. The van der Waals surface area contributed by atoms with E-state index in [9.17, 15) is 0 Å². The summed E-state index contributed by atoms with van der Waals surface area (Å²) in [4.78, 5) is 2.28. The molecule has 1 nitrogen and oxygen atoms in total. The Labute approximate surface area is 122 Å². The summed E-state index contributed by atoms with van der Waals surface area (Å²) < 4.78 is 0. The largest absolute Gasteiger partial charge is 0.373 e. The van der Waals surface area contributed by atoms with Crippen LogP contribution < -0.4 is 4.90 Å². The van der Waals surface area contributed by atoms with Crippen LogP contribution in [0, 0.1) is 6.92 Å². The second-order valence-corrected chi connectivity index (χ2v) is 5.68. The fourth-order valence-electron chi connectivity index (χ4n) is 2.47. The molecule has 0 radical (unpaired) electrons. The van der Waals surface area contributed by atoms with Crippen LogP contribution >= 0.6 is 0 Å². The SMILES string of the molecule is C=CC(C)(CN(C)c1ccccc1)c1ccc(C)cc1. The molecule has 0 aliphatic rings. The molecule has 0 amide bonds. The van der Waals surface area contributed by atoms with Crippen molar-refractivity contribution in [1.29, 1.82) is 0 Å². The number of anilines is 1. The molecule has 0 aliphatic carbocycles. The average Bonchev–Trinajstić information content (AvgIpc) is 2.48. The summed E-state index contributed by atoms with van der Waals surface area (Å²) in [6.45, 7) is 9.31. The zero-order valence-electron chi connectivity index (χ0n) is 12.6. The third-order valence-electron chi connectivity index (χ3n) is 3.92. The van der Waals surface area contributed by atoms with Crippen LogP contribution in [0.2, 0.25) is 0 Å².